The summed E-state index contributed by atoms with van der Waals surface area (Å²) in [6, 6.07) is 13.5. The first-order valence-electron chi connectivity index (χ1n) is 8.71. The molecule has 0 fully saturated rings. The van der Waals surface area contributed by atoms with Gasteiger partial charge in [-0.2, -0.15) is 0 Å². The molecule has 0 radical (unpaired) electrons. The van der Waals surface area contributed by atoms with Gasteiger partial charge in [0.2, 0.25) is 0 Å². The van der Waals surface area contributed by atoms with Crippen LogP contribution in [0, 0.1) is 6.92 Å². The fraction of sp³-hybridized carbons (Fsp3) is 0.300. The van der Waals surface area contributed by atoms with Gasteiger partial charge in [0.25, 0.3) is 0 Å². The maximum absolute atomic E-state index is 6.25. The third kappa shape index (κ3) is 4.78. The first-order valence-corrected chi connectivity index (χ1v) is 10.5. The first-order chi connectivity index (χ1) is 13.0. The summed E-state index contributed by atoms with van der Waals surface area (Å²) >= 11 is 14.0. The molecular formula is C20H21Cl2N3OS. The number of ether oxygens (including phenoxy) is 1. The van der Waals surface area contributed by atoms with Crippen molar-refractivity contribution in [3.05, 3.63) is 69.5 Å². The van der Waals surface area contributed by atoms with E-state index in [0.29, 0.717) is 0 Å². The van der Waals surface area contributed by atoms with Crippen LogP contribution in [0.5, 0.6) is 5.75 Å². The Hall–Kier alpha value is -1.69. The average Bonchev–Trinajstić information content (AvgIpc) is 3.07. The van der Waals surface area contributed by atoms with Crippen LogP contribution in [0.2, 0.25) is 10.0 Å². The Morgan fingerprint density at radius 2 is 1.89 bits per heavy atom. The topological polar surface area (TPSA) is 39.9 Å². The number of rotatable bonds is 7. The number of hydrogen-bond acceptors (Lipinski definition) is 4. The molecule has 0 aliphatic rings. The van der Waals surface area contributed by atoms with Gasteiger partial charge in [0, 0.05) is 22.3 Å². The predicted octanol–water partition coefficient (Wildman–Crippen LogP) is 6.35. The Bertz CT molecular complexity index is 929. The lowest BCUT2D eigenvalue weighted by molar-refractivity contribution is 0.210. The molecule has 0 bridgehead atoms. The molecule has 3 rings (SSSR count). The van der Waals surface area contributed by atoms with E-state index in [1.807, 2.05) is 56.3 Å². The van der Waals surface area contributed by atoms with Crippen molar-refractivity contribution in [3.63, 3.8) is 0 Å². The van der Waals surface area contributed by atoms with Gasteiger partial charge in [0.05, 0.1) is 0 Å². The van der Waals surface area contributed by atoms with Crippen LogP contribution in [0.3, 0.4) is 0 Å². The summed E-state index contributed by atoms with van der Waals surface area (Å²) in [5.41, 5.74) is 2.06. The number of aromatic nitrogens is 3. The molecule has 0 aliphatic carbocycles. The van der Waals surface area contributed by atoms with E-state index in [4.69, 9.17) is 27.9 Å². The Morgan fingerprint density at radius 3 is 2.59 bits per heavy atom. The van der Waals surface area contributed by atoms with Crippen molar-refractivity contribution in [3.8, 4) is 5.75 Å². The third-order valence-corrected chi connectivity index (χ3v) is 5.99. The molecule has 7 heteroatoms. The molecule has 0 spiro atoms. The molecule has 142 valence electrons. The first kappa shape index (κ1) is 20.1. The molecule has 0 aliphatic heterocycles. The highest BCUT2D eigenvalue weighted by molar-refractivity contribution is 7.98. The highest BCUT2D eigenvalue weighted by atomic mass is 35.5. The van der Waals surface area contributed by atoms with Gasteiger partial charge in [-0.05, 0) is 56.2 Å². The largest absolute Gasteiger partial charge is 0.483 e. The van der Waals surface area contributed by atoms with E-state index in [1.165, 1.54) is 0 Å². The SMILES string of the molecule is CCn1c(SCc2ccccc2Cl)nnc1C(C)Oc1ccc(Cl)c(C)c1. The molecule has 0 amide bonds. The summed E-state index contributed by atoms with van der Waals surface area (Å²) in [6.45, 7) is 6.77. The molecule has 27 heavy (non-hydrogen) atoms. The molecule has 2 aromatic carbocycles. The highest BCUT2D eigenvalue weighted by Gasteiger charge is 2.19. The van der Waals surface area contributed by atoms with Gasteiger partial charge >= 0.3 is 0 Å². The summed E-state index contributed by atoms with van der Waals surface area (Å²) in [5.74, 6) is 2.30. The van der Waals surface area contributed by atoms with E-state index in [9.17, 15) is 0 Å². The van der Waals surface area contributed by atoms with E-state index in [1.54, 1.807) is 11.8 Å². The number of nitrogens with zero attached hydrogens (tertiary/aromatic N) is 3. The van der Waals surface area contributed by atoms with E-state index in [-0.39, 0.29) is 6.10 Å². The van der Waals surface area contributed by atoms with Gasteiger partial charge in [-0.15, -0.1) is 10.2 Å². The maximum atomic E-state index is 6.25. The van der Waals surface area contributed by atoms with Crippen LogP contribution in [-0.2, 0) is 12.3 Å². The van der Waals surface area contributed by atoms with Crippen LogP contribution >= 0.6 is 35.0 Å². The van der Waals surface area contributed by atoms with Crippen molar-refractivity contribution in [1.29, 1.82) is 0 Å². The van der Waals surface area contributed by atoms with Crippen molar-refractivity contribution >= 4 is 35.0 Å². The normalized spacial score (nSPS) is 12.2. The summed E-state index contributed by atoms with van der Waals surface area (Å²) in [5, 5.41) is 11.1. The zero-order chi connectivity index (χ0) is 19.4. The second kappa shape index (κ2) is 9.00. The second-order valence-electron chi connectivity index (χ2n) is 6.14. The molecule has 1 heterocycles. The van der Waals surface area contributed by atoms with Crippen molar-refractivity contribution in [2.24, 2.45) is 0 Å². The maximum Gasteiger partial charge on any atom is 0.191 e. The van der Waals surface area contributed by atoms with Gasteiger partial charge in [-0.1, -0.05) is 53.2 Å². The summed E-state index contributed by atoms with van der Waals surface area (Å²) < 4.78 is 8.14. The van der Waals surface area contributed by atoms with Gasteiger partial charge in [-0.25, -0.2) is 0 Å². The van der Waals surface area contributed by atoms with Gasteiger partial charge < -0.3 is 9.30 Å². The summed E-state index contributed by atoms with van der Waals surface area (Å²) in [6.07, 6.45) is -0.229. The van der Waals surface area contributed by atoms with Gasteiger partial charge in [0.15, 0.2) is 17.1 Å². The second-order valence-corrected chi connectivity index (χ2v) is 7.89. The van der Waals surface area contributed by atoms with Crippen LogP contribution in [0.25, 0.3) is 0 Å². The number of thioether (sulfide) groups is 1. The molecule has 3 aromatic rings. The van der Waals surface area contributed by atoms with Crippen molar-refractivity contribution in [2.45, 2.75) is 44.3 Å². The minimum atomic E-state index is -0.229. The molecule has 0 saturated heterocycles. The summed E-state index contributed by atoms with van der Waals surface area (Å²) in [7, 11) is 0. The van der Waals surface area contributed by atoms with Crippen LogP contribution in [0.1, 0.15) is 36.9 Å². The zero-order valence-corrected chi connectivity index (χ0v) is 17.8. The number of hydrogen-bond donors (Lipinski definition) is 0. The molecule has 1 unspecified atom stereocenters. The van der Waals surface area contributed by atoms with Crippen LogP contribution in [0.15, 0.2) is 47.6 Å². The molecule has 0 N–H and O–H groups in total. The van der Waals surface area contributed by atoms with Crippen LogP contribution < -0.4 is 4.74 Å². The van der Waals surface area contributed by atoms with Crippen molar-refractivity contribution in [1.82, 2.24) is 14.8 Å². The Kier molecular flexibility index (Phi) is 6.68. The third-order valence-electron chi connectivity index (χ3n) is 4.18. The fourth-order valence-corrected chi connectivity index (χ4v) is 4.12. The van der Waals surface area contributed by atoms with E-state index in [2.05, 4.69) is 21.7 Å². The Labute approximate surface area is 173 Å². The number of benzene rings is 2. The summed E-state index contributed by atoms with van der Waals surface area (Å²) in [4.78, 5) is 0. The van der Waals surface area contributed by atoms with E-state index >= 15 is 0 Å². The quantitative estimate of drug-likeness (QED) is 0.416. The Balaban J connectivity index is 1.74. The number of aryl methyl sites for hydroxylation is 1. The molecular weight excluding hydrogens is 401 g/mol. The lowest BCUT2D eigenvalue weighted by Crippen LogP contribution is -2.12. The lowest BCUT2D eigenvalue weighted by Gasteiger charge is -2.16. The Morgan fingerprint density at radius 1 is 1.11 bits per heavy atom. The average molecular weight is 422 g/mol. The standard InChI is InChI=1S/C20H21Cl2N3OS/c1-4-25-19(14(3)26-16-9-10-17(21)13(2)11-16)23-24-20(25)27-12-15-7-5-6-8-18(15)22/h5-11,14H,4,12H2,1-3H3. The minimum absolute atomic E-state index is 0.229. The van der Waals surface area contributed by atoms with E-state index < -0.39 is 0 Å². The van der Waals surface area contributed by atoms with Gasteiger partial charge in [-0.3, -0.25) is 0 Å². The minimum Gasteiger partial charge on any atom is -0.483 e. The lowest BCUT2D eigenvalue weighted by atomic mass is 10.2. The van der Waals surface area contributed by atoms with E-state index in [0.717, 1.165) is 50.2 Å². The van der Waals surface area contributed by atoms with Crippen LogP contribution in [0.4, 0.5) is 0 Å². The molecule has 4 nitrogen and oxygen atoms in total. The fourth-order valence-electron chi connectivity index (χ4n) is 2.71. The smallest absolute Gasteiger partial charge is 0.191 e. The number of halogens is 2. The molecule has 1 atom stereocenters. The molecule has 0 saturated carbocycles. The van der Waals surface area contributed by atoms with Crippen LogP contribution in [-0.4, -0.2) is 14.8 Å². The predicted molar refractivity (Wildman–Crippen MR) is 112 cm³/mol. The zero-order valence-electron chi connectivity index (χ0n) is 15.4. The van der Waals surface area contributed by atoms with Crippen molar-refractivity contribution < 1.29 is 4.74 Å². The van der Waals surface area contributed by atoms with Gasteiger partial charge in [0.1, 0.15) is 5.75 Å². The molecule has 1 aromatic heterocycles. The highest BCUT2D eigenvalue weighted by Crippen LogP contribution is 2.29. The van der Waals surface area contributed by atoms with Crippen molar-refractivity contribution in [2.75, 3.05) is 0 Å². The monoisotopic (exact) mass is 421 g/mol.